The number of halogens is 1. The number of hydrogen-bond donors (Lipinski definition) is 7. The van der Waals surface area contributed by atoms with Crippen LogP contribution >= 0.6 is 11.6 Å². The van der Waals surface area contributed by atoms with Gasteiger partial charge in [-0.05, 0) is 30.7 Å². The number of fused-ring (bicyclic) bond motifs is 1. The lowest BCUT2D eigenvalue weighted by Gasteiger charge is -2.19. The molecule has 0 bridgehead atoms. The van der Waals surface area contributed by atoms with Gasteiger partial charge >= 0.3 is 18.0 Å². The number of nitrogens with zero attached hydrogens (tertiary/aromatic N) is 5. The molecular weight excluding hydrogens is 562 g/mol. The quantitative estimate of drug-likeness (QED) is 0.129. The van der Waals surface area contributed by atoms with Crippen molar-refractivity contribution >= 4 is 64.2 Å². The van der Waals surface area contributed by atoms with Gasteiger partial charge in [0.05, 0.1) is 18.4 Å². The Hall–Kier alpha value is -5.25. The second-order valence-corrected chi connectivity index (χ2v) is 8.29. The summed E-state index contributed by atoms with van der Waals surface area (Å²) in [5.41, 5.74) is 17.7. The Morgan fingerprint density at radius 3 is 2.20 bits per heavy atom. The zero-order valence-electron chi connectivity index (χ0n) is 21.9. The Labute approximate surface area is 238 Å². The number of nitrogens with two attached hydrogens (primary N) is 3. The fourth-order valence-electron chi connectivity index (χ4n) is 3.03. The minimum atomic E-state index is -1.33. The van der Waals surface area contributed by atoms with Crippen molar-refractivity contribution in [3.8, 4) is 0 Å². The Morgan fingerprint density at radius 2 is 1.68 bits per heavy atom. The number of alkyl halides is 1. The molecule has 10 N–H and O–H groups in total. The molecule has 17 heteroatoms. The van der Waals surface area contributed by atoms with E-state index in [1.165, 1.54) is 12.1 Å². The molecule has 2 amide bonds. The van der Waals surface area contributed by atoms with Gasteiger partial charge in [-0.15, -0.1) is 18.2 Å². The highest BCUT2D eigenvalue weighted by atomic mass is 35.5. The molecule has 2 heterocycles. The fraction of sp³-hybridized carbons (Fsp3) is 0.250. The Kier molecular flexibility index (Phi) is 13.7. The number of rotatable bonds is 10. The highest BCUT2D eigenvalue weighted by Crippen LogP contribution is 2.19. The van der Waals surface area contributed by atoms with Crippen LogP contribution in [0.1, 0.15) is 28.9 Å². The molecule has 0 spiro atoms. The van der Waals surface area contributed by atoms with Crippen molar-refractivity contribution in [2.24, 2.45) is 5.73 Å². The number of nitrogens with one attached hydrogen (secondary N) is 1. The first-order valence-corrected chi connectivity index (χ1v) is 12.1. The van der Waals surface area contributed by atoms with E-state index in [-0.39, 0.29) is 30.2 Å². The van der Waals surface area contributed by atoms with Crippen molar-refractivity contribution in [3.63, 3.8) is 0 Å². The summed E-state index contributed by atoms with van der Waals surface area (Å²) in [6, 6.07) is 5.16. The van der Waals surface area contributed by atoms with Gasteiger partial charge < -0.3 is 42.7 Å². The normalized spacial score (nSPS) is 10.6. The lowest BCUT2D eigenvalue weighted by Crippen LogP contribution is -2.41. The first-order valence-electron chi connectivity index (χ1n) is 11.6. The number of carboxylic acid groups (broad SMARTS) is 3. The van der Waals surface area contributed by atoms with Crippen molar-refractivity contribution in [1.82, 2.24) is 25.3 Å². The molecule has 3 rings (SSSR count). The van der Waals surface area contributed by atoms with Gasteiger partial charge in [-0.25, -0.2) is 19.6 Å². The van der Waals surface area contributed by atoms with E-state index in [0.29, 0.717) is 29.3 Å². The van der Waals surface area contributed by atoms with E-state index in [4.69, 9.17) is 38.1 Å². The number of benzene rings is 1. The van der Waals surface area contributed by atoms with Crippen molar-refractivity contribution in [3.05, 3.63) is 54.4 Å². The average molecular weight is 592 g/mol. The Morgan fingerprint density at radius 1 is 1.10 bits per heavy atom. The maximum absolute atomic E-state index is 12.4. The number of carbonyl (C=O) groups excluding carboxylic acids is 1. The second kappa shape index (κ2) is 16.7. The summed E-state index contributed by atoms with van der Waals surface area (Å²) in [6.45, 7) is 3.72. The SMILES string of the molecule is C=CCCl.CN(Cc1cnc2nc(N)nc(N)c2n1)c1ccc(C(=O)NC(CCC(=O)O)C(=O)O)cc1.NC(=O)O. The highest BCUT2D eigenvalue weighted by molar-refractivity contribution is 6.18. The maximum Gasteiger partial charge on any atom is 0.402 e. The molecule has 1 unspecified atom stereocenters. The smallest absolute Gasteiger partial charge is 0.402 e. The molecule has 220 valence electrons. The van der Waals surface area contributed by atoms with E-state index in [1.54, 1.807) is 24.4 Å². The van der Waals surface area contributed by atoms with Crippen molar-refractivity contribution in [1.29, 1.82) is 0 Å². The molecule has 0 radical (unpaired) electrons. The molecule has 0 saturated carbocycles. The third-order valence-electron chi connectivity index (χ3n) is 4.83. The van der Waals surface area contributed by atoms with Crippen LogP contribution in [0.2, 0.25) is 0 Å². The standard InChI is InChI=1S/C20H22N8O5.C3H5Cl.CH3NO2/c1-28(9-11-8-23-17-15(24-11)16(21)26-20(22)27-17)12-4-2-10(3-5-12)18(31)25-13(19(32)33)6-7-14(29)30;1-2-3-4;2-1(3)4/h2-5,8,13H,6-7,9H2,1H3,(H,25,31)(H,29,30)(H,32,33)(H4,21,22,23,26,27);2H,1,3H2;2H2,(H,3,4). The number of carbonyl (C=O) groups is 4. The number of amides is 2. The highest BCUT2D eigenvalue weighted by Gasteiger charge is 2.21. The largest absolute Gasteiger partial charge is 0.481 e. The van der Waals surface area contributed by atoms with Crippen LogP contribution in [-0.2, 0) is 16.1 Å². The molecule has 0 fully saturated rings. The van der Waals surface area contributed by atoms with E-state index >= 15 is 0 Å². The predicted molar refractivity (Wildman–Crippen MR) is 151 cm³/mol. The molecule has 0 aliphatic rings. The lowest BCUT2D eigenvalue weighted by atomic mass is 10.1. The van der Waals surface area contributed by atoms with Gasteiger partial charge in [-0.2, -0.15) is 9.97 Å². The first-order chi connectivity index (χ1) is 19.3. The summed E-state index contributed by atoms with van der Waals surface area (Å²) in [5.74, 6) is -2.35. The van der Waals surface area contributed by atoms with Gasteiger partial charge in [0.15, 0.2) is 17.0 Å². The number of carboxylic acids is 2. The Bertz CT molecular complexity index is 1370. The zero-order chi connectivity index (χ0) is 31.1. The van der Waals surface area contributed by atoms with Crippen LogP contribution in [0.5, 0.6) is 0 Å². The third kappa shape index (κ3) is 12.0. The minimum Gasteiger partial charge on any atom is -0.481 e. The van der Waals surface area contributed by atoms with E-state index < -0.39 is 30.0 Å². The molecule has 3 aromatic rings. The third-order valence-corrected chi connectivity index (χ3v) is 5.05. The summed E-state index contributed by atoms with van der Waals surface area (Å²) in [6.07, 6.45) is 1.27. The van der Waals surface area contributed by atoms with Crippen LogP contribution in [0.3, 0.4) is 0 Å². The van der Waals surface area contributed by atoms with E-state index in [2.05, 4.69) is 37.6 Å². The molecule has 2 aromatic heterocycles. The zero-order valence-corrected chi connectivity index (χ0v) is 22.7. The number of aromatic nitrogens is 4. The molecule has 1 atom stereocenters. The number of nitrogen functional groups attached to an aromatic ring is 2. The van der Waals surface area contributed by atoms with Crippen LogP contribution in [-0.4, -0.2) is 78.2 Å². The fourth-order valence-corrected chi connectivity index (χ4v) is 3.03. The van der Waals surface area contributed by atoms with Crippen molar-refractivity contribution < 1.29 is 34.5 Å². The van der Waals surface area contributed by atoms with Gasteiger partial charge in [0, 0.05) is 30.6 Å². The number of primary amides is 1. The van der Waals surface area contributed by atoms with Crippen LogP contribution < -0.4 is 27.4 Å². The summed E-state index contributed by atoms with van der Waals surface area (Å²) in [7, 11) is 1.82. The Balaban J connectivity index is 0.000000930. The topological polar surface area (TPSA) is 274 Å². The summed E-state index contributed by atoms with van der Waals surface area (Å²) < 4.78 is 0. The molecule has 1 aromatic carbocycles. The molecule has 0 saturated heterocycles. The molecule has 0 aliphatic heterocycles. The molecular formula is C24H30ClN9O7. The van der Waals surface area contributed by atoms with Crippen molar-refractivity contribution in [2.75, 3.05) is 29.3 Å². The minimum absolute atomic E-state index is 0.0138. The van der Waals surface area contributed by atoms with Crippen LogP contribution in [0.4, 0.5) is 22.2 Å². The molecule has 41 heavy (non-hydrogen) atoms. The van der Waals surface area contributed by atoms with E-state index in [0.717, 1.165) is 5.69 Å². The lowest BCUT2D eigenvalue weighted by molar-refractivity contribution is -0.140. The predicted octanol–water partition coefficient (Wildman–Crippen LogP) is 1.30. The van der Waals surface area contributed by atoms with Gasteiger partial charge in [0.1, 0.15) is 6.04 Å². The number of allylic oxidation sites excluding steroid dienone is 1. The molecule has 0 aliphatic carbocycles. The monoisotopic (exact) mass is 591 g/mol. The number of hydrogen-bond acceptors (Lipinski definition) is 11. The average Bonchev–Trinajstić information content (AvgIpc) is 2.90. The number of aliphatic carboxylic acids is 2. The summed E-state index contributed by atoms with van der Waals surface area (Å²) in [4.78, 5) is 61.5. The first kappa shape index (κ1) is 33.8. The van der Waals surface area contributed by atoms with Crippen LogP contribution in [0.15, 0.2) is 43.1 Å². The van der Waals surface area contributed by atoms with E-state index in [9.17, 15) is 19.5 Å². The molecule has 16 nitrogen and oxygen atoms in total. The number of anilines is 3. The summed E-state index contributed by atoms with van der Waals surface area (Å²) in [5, 5.41) is 27.4. The van der Waals surface area contributed by atoms with Gasteiger partial charge in [-0.1, -0.05) is 6.08 Å². The van der Waals surface area contributed by atoms with Gasteiger partial charge in [0.2, 0.25) is 5.95 Å². The van der Waals surface area contributed by atoms with E-state index in [1.807, 2.05) is 11.9 Å². The second-order valence-electron chi connectivity index (χ2n) is 7.98. The van der Waals surface area contributed by atoms with Gasteiger partial charge in [-0.3, -0.25) is 9.59 Å². The maximum atomic E-state index is 12.4. The van der Waals surface area contributed by atoms with Gasteiger partial charge in [0.25, 0.3) is 5.91 Å². The van der Waals surface area contributed by atoms with Crippen LogP contribution in [0.25, 0.3) is 11.2 Å². The van der Waals surface area contributed by atoms with Crippen molar-refractivity contribution in [2.45, 2.75) is 25.4 Å². The van der Waals surface area contributed by atoms with Crippen LogP contribution in [0, 0.1) is 0 Å². The summed E-state index contributed by atoms with van der Waals surface area (Å²) >= 11 is 5.07.